The van der Waals surface area contributed by atoms with E-state index < -0.39 is 30.6 Å². The van der Waals surface area contributed by atoms with Gasteiger partial charge in [-0.15, -0.1) is 0 Å². The second kappa shape index (κ2) is 3.46. The summed E-state index contributed by atoms with van der Waals surface area (Å²) in [6.07, 6.45) is -6.47. The molecule has 2 atom stereocenters. The highest BCUT2D eigenvalue weighted by Gasteiger charge is 2.50. The molecule has 1 aliphatic rings. The Kier molecular flexibility index (Phi) is 2.87. The van der Waals surface area contributed by atoms with Gasteiger partial charge in [0.1, 0.15) is 5.92 Å². The first-order valence-corrected chi connectivity index (χ1v) is 4.20. The van der Waals surface area contributed by atoms with Crippen molar-refractivity contribution < 1.29 is 22.6 Å². The molecule has 1 saturated heterocycles. The smallest absolute Gasteiger partial charge is 0.349 e. The third kappa shape index (κ3) is 2.34. The van der Waals surface area contributed by atoms with Crippen molar-refractivity contribution in [3.8, 4) is 0 Å². The van der Waals surface area contributed by atoms with Gasteiger partial charge in [0.15, 0.2) is 6.29 Å². The summed E-state index contributed by atoms with van der Waals surface area (Å²) in [5, 5.41) is 0. The zero-order valence-corrected chi connectivity index (χ0v) is 7.76. The lowest BCUT2D eigenvalue weighted by Crippen LogP contribution is -2.49. The quantitative estimate of drug-likeness (QED) is 0.594. The van der Waals surface area contributed by atoms with Crippen LogP contribution in [0, 0.1) is 5.92 Å². The van der Waals surface area contributed by atoms with Gasteiger partial charge < -0.3 is 9.47 Å². The molecule has 2 unspecified atom stereocenters. The van der Waals surface area contributed by atoms with Crippen LogP contribution in [0.25, 0.3) is 0 Å². The maximum absolute atomic E-state index is 12.4. The van der Waals surface area contributed by atoms with Gasteiger partial charge in [0, 0.05) is 0 Å². The van der Waals surface area contributed by atoms with Crippen molar-refractivity contribution in [2.45, 2.75) is 45.4 Å². The average molecular weight is 198 g/mol. The lowest BCUT2D eigenvalue weighted by Gasteiger charge is -2.38. The van der Waals surface area contributed by atoms with Gasteiger partial charge in [-0.05, 0) is 20.8 Å². The van der Waals surface area contributed by atoms with Crippen molar-refractivity contribution in [3.05, 3.63) is 0 Å². The molecule has 0 aromatic rings. The van der Waals surface area contributed by atoms with Gasteiger partial charge in [-0.1, -0.05) is 0 Å². The molecule has 0 aromatic carbocycles. The topological polar surface area (TPSA) is 18.5 Å². The van der Waals surface area contributed by atoms with Crippen LogP contribution in [0.2, 0.25) is 0 Å². The van der Waals surface area contributed by atoms with E-state index in [4.69, 9.17) is 9.47 Å². The van der Waals surface area contributed by atoms with Gasteiger partial charge in [-0.25, -0.2) is 0 Å². The molecule has 0 bridgehead atoms. The second-order valence-corrected chi connectivity index (χ2v) is 3.32. The van der Waals surface area contributed by atoms with Crippen molar-refractivity contribution >= 4 is 0 Å². The third-order valence-electron chi connectivity index (χ3n) is 2.20. The lowest BCUT2D eigenvalue weighted by molar-refractivity contribution is -0.316. The minimum absolute atomic E-state index is 0.552. The van der Waals surface area contributed by atoms with Gasteiger partial charge >= 0.3 is 6.18 Å². The van der Waals surface area contributed by atoms with E-state index in [2.05, 4.69) is 0 Å². The minimum Gasteiger partial charge on any atom is -0.349 e. The van der Waals surface area contributed by atoms with Crippen LogP contribution in [0.4, 0.5) is 13.2 Å². The van der Waals surface area contributed by atoms with E-state index in [-0.39, 0.29) is 0 Å². The van der Waals surface area contributed by atoms with Gasteiger partial charge in [0.2, 0.25) is 0 Å². The van der Waals surface area contributed by atoms with Crippen LogP contribution in [0.3, 0.4) is 0 Å². The molecule has 1 fully saturated rings. The fourth-order valence-corrected chi connectivity index (χ4v) is 1.72. The van der Waals surface area contributed by atoms with Crippen molar-refractivity contribution in [1.29, 1.82) is 0 Å². The number of halogens is 3. The number of rotatable bonds is 0. The molecule has 1 heterocycles. The van der Waals surface area contributed by atoms with E-state index in [0.29, 0.717) is 0 Å². The van der Waals surface area contributed by atoms with Gasteiger partial charge in [-0.3, -0.25) is 0 Å². The highest BCUT2D eigenvalue weighted by molar-refractivity contribution is 4.82. The standard InChI is InChI=1S/C8H13F3O2/c1-4-7(8(9,10)11)5(2)13-6(3)12-4/h4-7H,1-3H3. The summed E-state index contributed by atoms with van der Waals surface area (Å²) in [6.45, 7) is 4.45. The van der Waals surface area contributed by atoms with Crippen LogP contribution in [-0.4, -0.2) is 24.7 Å². The summed E-state index contributed by atoms with van der Waals surface area (Å²) in [7, 11) is 0. The molecule has 1 aliphatic heterocycles. The summed E-state index contributed by atoms with van der Waals surface area (Å²) in [4.78, 5) is 0. The minimum atomic E-state index is -4.25. The van der Waals surface area contributed by atoms with Gasteiger partial charge in [-0.2, -0.15) is 13.2 Å². The Bertz CT molecular complexity index is 169. The summed E-state index contributed by atoms with van der Waals surface area (Å²) in [5.74, 6) is -1.52. The van der Waals surface area contributed by atoms with Crippen molar-refractivity contribution in [2.24, 2.45) is 5.92 Å². The molecule has 0 aromatic heterocycles. The molecule has 0 N–H and O–H groups in total. The summed E-state index contributed by atoms with van der Waals surface area (Å²) in [5.41, 5.74) is 0. The van der Waals surface area contributed by atoms with Crippen LogP contribution >= 0.6 is 0 Å². The molecular formula is C8H13F3O2. The fraction of sp³-hybridized carbons (Fsp3) is 1.00. The van der Waals surface area contributed by atoms with Crippen molar-refractivity contribution in [1.82, 2.24) is 0 Å². The van der Waals surface area contributed by atoms with Gasteiger partial charge in [0.25, 0.3) is 0 Å². The Balaban J connectivity index is 2.73. The maximum atomic E-state index is 12.4. The van der Waals surface area contributed by atoms with Crippen molar-refractivity contribution in [2.75, 3.05) is 0 Å². The van der Waals surface area contributed by atoms with Crippen LogP contribution in [0.5, 0.6) is 0 Å². The van der Waals surface area contributed by atoms with Gasteiger partial charge in [0.05, 0.1) is 12.2 Å². The second-order valence-electron chi connectivity index (χ2n) is 3.32. The number of hydrogen-bond donors (Lipinski definition) is 0. The Morgan fingerprint density at radius 1 is 0.923 bits per heavy atom. The highest BCUT2D eigenvalue weighted by atomic mass is 19.4. The van der Waals surface area contributed by atoms with Crippen LogP contribution < -0.4 is 0 Å². The third-order valence-corrected chi connectivity index (χ3v) is 2.20. The van der Waals surface area contributed by atoms with E-state index in [9.17, 15) is 13.2 Å². The van der Waals surface area contributed by atoms with E-state index in [0.717, 1.165) is 0 Å². The highest BCUT2D eigenvalue weighted by Crippen LogP contribution is 2.37. The lowest BCUT2D eigenvalue weighted by atomic mass is 9.96. The van der Waals surface area contributed by atoms with Crippen LogP contribution in [0.15, 0.2) is 0 Å². The summed E-state index contributed by atoms with van der Waals surface area (Å²) < 4.78 is 47.1. The van der Waals surface area contributed by atoms with Crippen LogP contribution in [-0.2, 0) is 9.47 Å². The van der Waals surface area contributed by atoms with E-state index in [1.165, 1.54) is 13.8 Å². The SMILES string of the molecule is CC1OC(C)C(C(F)(F)F)C(C)O1. The molecular weight excluding hydrogens is 185 g/mol. The predicted octanol–water partition coefficient (Wildman–Crippen LogP) is 2.33. The zero-order chi connectivity index (χ0) is 10.2. The van der Waals surface area contributed by atoms with Crippen molar-refractivity contribution in [3.63, 3.8) is 0 Å². The molecule has 0 saturated carbocycles. The predicted molar refractivity (Wildman–Crippen MR) is 40.1 cm³/mol. The maximum Gasteiger partial charge on any atom is 0.396 e. The van der Waals surface area contributed by atoms with Crippen LogP contribution in [0.1, 0.15) is 20.8 Å². The number of hydrogen-bond acceptors (Lipinski definition) is 2. The normalized spacial score (nSPS) is 42.0. The monoisotopic (exact) mass is 198 g/mol. The molecule has 2 nitrogen and oxygen atoms in total. The first-order chi connectivity index (χ1) is 5.82. The Morgan fingerprint density at radius 2 is 1.31 bits per heavy atom. The molecule has 0 amide bonds. The molecule has 1 rings (SSSR count). The van der Waals surface area contributed by atoms with E-state index in [1.807, 2.05) is 0 Å². The Hall–Kier alpha value is -0.290. The Labute approximate surface area is 75.0 Å². The molecule has 13 heavy (non-hydrogen) atoms. The largest absolute Gasteiger partial charge is 0.396 e. The Morgan fingerprint density at radius 3 is 1.62 bits per heavy atom. The molecule has 78 valence electrons. The first kappa shape index (κ1) is 10.8. The van der Waals surface area contributed by atoms with E-state index in [1.54, 1.807) is 6.92 Å². The molecule has 0 spiro atoms. The number of alkyl halides is 3. The molecule has 0 aliphatic carbocycles. The summed E-state index contributed by atoms with van der Waals surface area (Å²) in [6, 6.07) is 0. The average Bonchev–Trinajstić information content (AvgIpc) is 1.78. The summed E-state index contributed by atoms with van der Waals surface area (Å²) >= 11 is 0. The molecule has 5 heteroatoms. The zero-order valence-electron chi connectivity index (χ0n) is 7.76. The first-order valence-electron chi connectivity index (χ1n) is 4.20. The molecule has 0 radical (unpaired) electrons. The van der Waals surface area contributed by atoms with E-state index >= 15 is 0 Å². The number of ether oxygens (including phenoxy) is 2. The fourth-order valence-electron chi connectivity index (χ4n) is 1.72.